The van der Waals surface area contributed by atoms with Crippen molar-refractivity contribution in [2.75, 3.05) is 34.8 Å². The molecular weight excluding hydrogens is 693 g/mol. The highest BCUT2D eigenvalue weighted by Crippen LogP contribution is 2.38. The minimum Gasteiger partial charge on any atom is -0.310 e. The van der Waals surface area contributed by atoms with Crippen LogP contribution in [0.25, 0.3) is 12.2 Å². The Morgan fingerprint density at radius 3 is 1.06 bits per heavy atom. The lowest BCUT2D eigenvalue weighted by Gasteiger charge is -2.26. The normalized spacial score (nSPS) is 11.5. The van der Waals surface area contributed by atoms with Crippen LogP contribution in [0.4, 0.5) is 34.1 Å². The van der Waals surface area contributed by atoms with E-state index in [9.17, 15) is 0 Å². The van der Waals surface area contributed by atoms with Crippen molar-refractivity contribution >= 4 is 68.1 Å². The topological polar surface area (TPSA) is 6.48 Å². The van der Waals surface area contributed by atoms with Crippen LogP contribution >= 0.6 is 0 Å². The van der Waals surface area contributed by atoms with Gasteiger partial charge in [-0.2, -0.15) is 0 Å². The van der Waals surface area contributed by atoms with Crippen molar-refractivity contribution < 1.29 is 0 Å². The molecular formula is C50H56N2S2+2. The molecule has 0 aliphatic rings. The zero-order chi connectivity index (χ0) is 37.9. The molecule has 6 rings (SSSR count). The standard InChI is InChI=1S/C50H56N2S2/c1-7-9-13-39-21-29-43(30-22-39)51(47-15-11-17-49(37-47)53(3)4)45-33-25-41(26-34-45)19-20-42-27-35-46(36-28-42)52(48-16-12-18-50(38-48)54(5)6)44-31-23-40(24-32-44)14-10-8-2/h11-12,15-38H,7-10,13-14H2,1-6H3/q+2. The number of anilines is 6. The summed E-state index contributed by atoms with van der Waals surface area (Å²) in [6.07, 6.45) is 20.7. The SMILES string of the molecule is CCCCc1ccc(N(c2ccc(C=Cc3ccc(N(c4ccc(CCCC)cc4)c4cccc([S+](C)C)c4)cc3)cc2)c2cccc([S+](C)C)c2)cc1. The van der Waals surface area contributed by atoms with Crippen LogP contribution in [0, 0.1) is 0 Å². The molecule has 0 bridgehead atoms. The molecule has 0 fully saturated rings. The molecule has 0 saturated heterocycles. The molecule has 0 aromatic heterocycles. The summed E-state index contributed by atoms with van der Waals surface area (Å²) in [6.45, 7) is 4.51. The molecule has 2 nitrogen and oxygen atoms in total. The van der Waals surface area contributed by atoms with Crippen LogP contribution in [-0.2, 0) is 34.6 Å². The molecule has 54 heavy (non-hydrogen) atoms. The quantitative estimate of drug-likeness (QED) is 0.0718. The molecule has 0 aliphatic carbocycles. The zero-order valence-corrected chi connectivity index (χ0v) is 34.6. The number of aryl methyl sites for hydroxylation is 2. The van der Waals surface area contributed by atoms with Crippen molar-refractivity contribution in [1.29, 1.82) is 0 Å². The number of hydrogen-bond donors (Lipinski definition) is 0. The number of unbranched alkanes of at least 4 members (excludes halogenated alkanes) is 2. The first kappa shape index (κ1) is 39.1. The molecule has 276 valence electrons. The highest BCUT2D eigenvalue weighted by Gasteiger charge is 2.18. The summed E-state index contributed by atoms with van der Waals surface area (Å²) in [4.78, 5) is 7.51. The van der Waals surface area contributed by atoms with Crippen LogP contribution in [0.3, 0.4) is 0 Å². The smallest absolute Gasteiger partial charge is 0.156 e. The third-order valence-corrected chi connectivity index (χ3v) is 12.3. The summed E-state index contributed by atoms with van der Waals surface area (Å²) in [5.41, 5.74) is 12.2. The van der Waals surface area contributed by atoms with Gasteiger partial charge < -0.3 is 9.80 Å². The van der Waals surface area contributed by atoms with E-state index in [0.717, 1.165) is 24.2 Å². The summed E-state index contributed by atoms with van der Waals surface area (Å²) in [5.74, 6) is 0. The molecule has 6 aromatic rings. The predicted octanol–water partition coefficient (Wildman–Crippen LogP) is 14.0. The van der Waals surface area contributed by atoms with Crippen molar-refractivity contribution in [3.05, 3.63) is 168 Å². The molecule has 0 N–H and O–H groups in total. The van der Waals surface area contributed by atoms with Gasteiger partial charge in [-0.25, -0.2) is 0 Å². The van der Waals surface area contributed by atoms with E-state index in [4.69, 9.17) is 0 Å². The second-order valence-electron chi connectivity index (χ2n) is 14.4. The Bertz CT molecular complexity index is 1930. The van der Waals surface area contributed by atoms with E-state index >= 15 is 0 Å². The fourth-order valence-corrected chi connectivity index (χ4v) is 8.11. The molecule has 4 heteroatoms. The number of nitrogens with zero attached hydrogens (tertiary/aromatic N) is 2. The summed E-state index contributed by atoms with van der Waals surface area (Å²) in [5, 5.41) is 0. The third-order valence-electron chi connectivity index (χ3n) is 9.89. The Morgan fingerprint density at radius 1 is 0.407 bits per heavy atom. The molecule has 6 aromatic carbocycles. The Kier molecular flexibility index (Phi) is 13.8. The van der Waals surface area contributed by atoms with E-state index in [2.05, 4.69) is 206 Å². The van der Waals surface area contributed by atoms with Crippen LogP contribution in [0.1, 0.15) is 61.8 Å². The number of hydrogen-bond acceptors (Lipinski definition) is 2. The van der Waals surface area contributed by atoms with Gasteiger partial charge in [-0.1, -0.05) is 99.5 Å². The summed E-state index contributed by atoms with van der Waals surface area (Å²) < 4.78 is 0. The van der Waals surface area contributed by atoms with Gasteiger partial charge in [0.25, 0.3) is 0 Å². The fourth-order valence-electron chi connectivity index (χ4n) is 6.69. The first-order valence-corrected chi connectivity index (χ1v) is 23.4. The van der Waals surface area contributed by atoms with Crippen LogP contribution in [0.15, 0.2) is 155 Å². The summed E-state index contributed by atoms with van der Waals surface area (Å²) in [7, 11) is 0.364. The Labute approximate surface area is 331 Å². The van der Waals surface area contributed by atoms with Gasteiger partial charge in [-0.05, 0) is 121 Å². The highest BCUT2D eigenvalue weighted by molar-refractivity contribution is 7.95. The fraction of sp³-hybridized carbons (Fsp3) is 0.240. The minimum absolute atomic E-state index is 0.182. The van der Waals surface area contributed by atoms with Gasteiger partial charge in [-0.15, -0.1) is 0 Å². The van der Waals surface area contributed by atoms with Crippen molar-refractivity contribution in [2.24, 2.45) is 0 Å². The molecule has 0 atom stereocenters. The monoisotopic (exact) mass is 748 g/mol. The van der Waals surface area contributed by atoms with Crippen LogP contribution in [0.5, 0.6) is 0 Å². The average molecular weight is 749 g/mol. The first-order chi connectivity index (χ1) is 26.3. The maximum atomic E-state index is 2.38. The number of benzene rings is 6. The largest absolute Gasteiger partial charge is 0.310 e. The molecule has 0 amide bonds. The Hall–Kier alpha value is -4.64. The van der Waals surface area contributed by atoms with Gasteiger partial charge in [-0.3, -0.25) is 0 Å². The van der Waals surface area contributed by atoms with Gasteiger partial charge >= 0.3 is 0 Å². The maximum Gasteiger partial charge on any atom is 0.156 e. The van der Waals surface area contributed by atoms with Gasteiger partial charge in [0, 0.05) is 56.7 Å². The van der Waals surface area contributed by atoms with E-state index in [1.807, 2.05) is 0 Å². The Morgan fingerprint density at radius 2 is 0.741 bits per heavy atom. The van der Waals surface area contributed by atoms with Crippen molar-refractivity contribution in [1.82, 2.24) is 0 Å². The van der Waals surface area contributed by atoms with Crippen molar-refractivity contribution in [2.45, 2.75) is 62.2 Å². The van der Waals surface area contributed by atoms with Gasteiger partial charge in [0.15, 0.2) is 9.79 Å². The third kappa shape index (κ3) is 10.1. The lowest BCUT2D eigenvalue weighted by Crippen LogP contribution is -2.11. The average Bonchev–Trinajstić information content (AvgIpc) is 3.21. The lowest BCUT2D eigenvalue weighted by molar-refractivity contribution is 0.795. The van der Waals surface area contributed by atoms with Crippen LogP contribution < -0.4 is 9.80 Å². The minimum atomic E-state index is 0.182. The van der Waals surface area contributed by atoms with Crippen molar-refractivity contribution in [3.63, 3.8) is 0 Å². The van der Waals surface area contributed by atoms with Gasteiger partial charge in [0.05, 0.1) is 11.4 Å². The summed E-state index contributed by atoms with van der Waals surface area (Å²) >= 11 is 0. The van der Waals surface area contributed by atoms with E-state index in [1.54, 1.807) is 0 Å². The van der Waals surface area contributed by atoms with E-state index in [1.165, 1.54) is 80.5 Å². The molecule has 0 unspecified atom stereocenters. The second-order valence-corrected chi connectivity index (χ2v) is 18.6. The highest BCUT2D eigenvalue weighted by atomic mass is 32.2. The number of rotatable bonds is 16. The molecule has 0 radical (unpaired) electrons. The first-order valence-electron chi connectivity index (χ1n) is 19.3. The Balaban J connectivity index is 1.24. The van der Waals surface area contributed by atoms with E-state index in [-0.39, 0.29) is 21.8 Å². The van der Waals surface area contributed by atoms with Gasteiger partial charge in [0.1, 0.15) is 25.0 Å². The zero-order valence-electron chi connectivity index (χ0n) is 33.0. The molecule has 0 spiro atoms. The summed E-state index contributed by atoms with van der Waals surface area (Å²) in [6, 6.07) is 54.2. The van der Waals surface area contributed by atoms with Crippen molar-refractivity contribution in [3.8, 4) is 0 Å². The van der Waals surface area contributed by atoms with Gasteiger partial charge in [0.2, 0.25) is 0 Å². The van der Waals surface area contributed by atoms with Crippen LogP contribution in [-0.4, -0.2) is 25.0 Å². The maximum absolute atomic E-state index is 2.38. The van der Waals surface area contributed by atoms with Crippen LogP contribution in [0.2, 0.25) is 0 Å². The lowest BCUT2D eigenvalue weighted by atomic mass is 10.1. The molecule has 0 aliphatic heterocycles. The van der Waals surface area contributed by atoms with E-state index < -0.39 is 0 Å². The molecule has 0 saturated carbocycles. The van der Waals surface area contributed by atoms with E-state index in [0.29, 0.717) is 0 Å². The second kappa shape index (κ2) is 19.1. The molecule has 0 heterocycles. The predicted molar refractivity (Wildman–Crippen MR) is 243 cm³/mol.